The van der Waals surface area contributed by atoms with E-state index in [0.29, 0.717) is 31.1 Å². The van der Waals surface area contributed by atoms with Gasteiger partial charge in [0.25, 0.3) is 0 Å². The first-order valence-electron chi connectivity index (χ1n) is 16.1. The van der Waals surface area contributed by atoms with Gasteiger partial charge in [0, 0.05) is 24.0 Å². The topological polar surface area (TPSA) is 106 Å². The normalized spacial score (nSPS) is 17.3. The molecule has 0 radical (unpaired) electrons. The van der Waals surface area contributed by atoms with Crippen LogP contribution in [0.5, 0.6) is 0 Å². The van der Waals surface area contributed by atoms with Gasteiger partial charge in [0.15, 0.2) is 0 Å². The standard InChI is InChI=1S/C35H54N2O6S2/c1-33(2,26-36)23-28(27-13-9-8-10-14-27)24-35(5,32(40)42-19-18-37(6)7)25-34(3,4)31(39)43-21-20-41-30(38)16-12-11-15-29-17-22-44-45-29/h8-10,13-14,28-29H,11-12,15-25H2,1-7H3. The van der Waals surface area contributed by atoms with Crippen molar-refractivity contribution in [2.24, 2.45) is 16.2 Å². The first kappa shape index (κ1) is 39.0. The molecule has 1 aromatic carbocycles. The molecule has 252 valence electrons. The van der Waals surface area contributed by atoms with E-state index in [1.165, 1.54) is 12.2 Å². The second-order valence-electron chi connectivity index (χ2n) is 14.0. The number of ether oxygens (including phenoxy) is 3. The Balaban J connectivity index is 2.04. The fourth-order valence-electron chi connectivity index (χ4n) is 5.77. The number of esters is 3. The van der Waals surface area contributed by atoms with E-state index in [9.17, 15) is 19.6 Å². The minimum Gasteiger partial charge on any atom is -0.464 e. The van der Waals surface area contributed by atoms with Gasteiger partial charge in [0.05, 0.1) is 22.3 Å². The summed E-state index contributed by atoms with van der Waals surface area (Å²) in [4.78, 5) is 41.2. The Morgan fingerprint density at radius 2 is 1.62 bits per heavy atom. The van der Waals surface area contributed by atoms with Gasteiger partial charge in [0.2, 0.25) is 0 Å². The monoisotopic (exact) mass is 662 g/mol. The van der Waals surface area contributed by atoms with Gasteiger partial charge in [-0.2, -0.15) is 5.26 Å². The van der Waals surface area contributed by atoms with Crippen molar-refractivity contribution in [1.29, 1.82) is 5.26 Å². The summed E-state index contributed by atoms with van der Waals surface area (Å²) in [5.41, 5.74) is -1.65. The molecule has 0 spiro atoms. The summed E-state index contributed by atoms with van der Waals surface area (Å²) in [5, 5.41) is 10.5. The zero-order valence-electron chi connectivity index (χ0n) is 28.4. The van der Waals surface area contributed by atoms with Crippen LogP contribution in [0.25, 0.3) is 0 Å². The van der Waals surface area contributed by atoms with E-state index in [1.54, 1.807) is 13.8 Å². The van der Waals surface area contributed by atoms with Crippen LogP contribution < -0.4 is 0 Å². The molecule has 2 rings (SSSR count). The van der Waals surface area contributed by atoms with Crippen molar-refractivity contribution in [2.45, 2.75) is 97.2 Å². The van der Waals surface area contributed by atoms with Gasteiger partial charge in [-0.15, -0.1) is 0 Å². The average Bonchev–Trinajstić information content (AvgIpc) is 3.50. The van der Waals surface area contributed by atoms with Crippen molar-refractivity contribution in [1.82, 2.24) is 4.90 Å². The fraction of sp³-hybridized carbons (Fsp3) is 0.714. The maximum absolute atomic E-state index is 13.7. The lowest BCUT2D eigenvalue weighted by molar-refractivity contribution is -0.166. The zero-order chi connectivity index (χ0) is 33.5. The molecular formula is C35H54N2O6S2. The molecule has 1 aromatic rings. The Hall–Kier alpha value is -2.22. The number of rotatable bonds is 20. The van der Waals surface area contributed by atoms with Gasteiger partial charge >= 0.3 is 17.9 Å². The largest absolute Gasteiger partial charge is 0.464 e. The Kier molecular flexibility index (Phi) is 16.3. The molecule has 3 atom stereocenters. The number of nitrogens with zero attached hydrogens (tertiary/aromatic N) is 2. The lowest BCUT2D eigenvalue weighted by atomic mass is 9.66. The molecule has 1 fully saturated rings. The predicted octanol–water partition coefficient (Wildman–Crippen LogP) is 7.43. The van der Waals surface area contributed by atoms with Crippen molar-refractivity contribution >= 4 is 39.5 Å². The highest BCUT2D eigenvalue weighted by Gasteiger charge is 2.46. The molecule has 0 amide bonds. The number of carbonyl (C=O) groups excluding carboxylic acids is 3. The van der Waals surface area contributed by atoms with Crippen LogP contribution in [0.2, 0.25) is 0 Å². The average molecular weight is 663 g/mol. The van der Waals surface area contributed by atoms with Gasteiger partial charge < -0.3 is 19.1 Å². The van der Waals surface area contributed by atoms with E-state index in [4.69, 9.17) is 14.2 Å². The molecule has 10 heteroatoms. The maximum atomic E-state index is 13.7. The summed E-state index contributed by atoms with van der Waals surface area (Å²) < 4.78 is 16.6. The van der Waals surface area contributed by atoms with Gasteiger partial charge in [-0.1, -0.05) is 58.3 Å². The molecule has 45 heavy (non-hydrogen) atoms. The lowest BCUT2D eigenvalue weighted by Gasteiger charge is -2.38. The fourth-order valence-corrected chi connectivity index (χ4v) is 8.80. The van der Waals surface area contributed by atoms with Gasteiger partial charge in [-0.05, 0) is 98.7 Å². The van der Waals surface area contributed by atoms with Crippen LogP contribution in [0.3, 0.4) is 0 Å². The molecule has 0 aromatic heterocycles. The first-order valence-corrected chi connectivity index (χ1v) is 18.4. The summed E-state index contributed by atoms with van der Waals surface area (Å²) in [7, 11) is 7.70. The van der Waals surface area contributed by atoms with Crippen LogP contribution >= 0.6 is 21.6 Å². The van der Waals surface area contributed by atoms with Crippen molar-refractivity contribution in [3.8, 4) is 6.07 Å². The lowest BCUT2D eigenvalue weighted by Crippen LogP contribution is -2.41. The summed E-state index contributed by atoms with van der Waals surface area (Å²) in [6, 6.07) is 12.3. The number of hydrogen-bond donors (Lipinski definition) is 0. The number of hydrogen-bond acceptors (Lipinski definition) is 10. The molecule has 8 nitrogen and oxygen atoms in total. The molecule has 1 aliphatic rings. The van der Waals surface area contributed by atoms with E-state index < -0.39 is 22.2 Å². The third-order valence-corrected chi connectivity index (χ3v) is 11.1. The minimum absolute atomic E-state index is 0.00105. The quantitative estimate of drug-likeness (QED) is 0.0606. The number of nitriles is 1. The van der Waals surface area contributed by atoms with Crippen LogP contribution in [-0.2, 0) is 28.6 Å². The number of benzene rings is 1. The summed E-state index contributed by atoms with van der Waals surface area (Å²) in [6.45, 7) is 9.95. The molecule has 1 aliphatic heterocycles. The van der Waals surface area contributed by atoms with Crippen molar-refractivity contribution < 1.29 is 28.6 Å². The van der Waals surface area contributed by atoms with Crippen LogP contribution in [0, 0.1) is 27.6 Å². The third kappa shape index (κ3) is 14.4. The SMILES string of the molecule is CN(C)CCOC(=O)C(C)(CC(CC(C)(C)C#N)c1ccccc1)CC(C)(C)C(=O)OCCOC(=O)CCCCC1CCSS1. The molecule has 1 saturated heterocycles. The van der Waals surface area contributed by atoms with Crippen molar-refractivity contribution in [3.05, 3.63) is 35.9 Å². The first-order chi connectivity index (χ1) is 21.2. The number of unbranched alkanes of at least 4 members (excludes halogenated alkanes) is 1. The summed E-state index contributed by atoms with van der Waals surface area (Å²) >= 11 is 0. The molecule has 0 N–H and O–H groups in total. The minimum atomic E-state index is -1.04. The van der Waals surface area contributed by atoms with Crippen LogP contribution in [0.15, 0.2) is 30.3 Å². The highest BCUT2D eigenvalue weighted by atomic mass is 33.1. The Bertz CT molecular complexity index is 1110. The molecule has 3 unspecified atom stereocenters. The van der Waals surface area contributed by atoms with Gasteiger partial charge in [-0.25, -0.2) is 0 Å². The predicted molar refractivity (Wildman–Crippen MR) is 183 cm³/mol. The van der Waals surface area contributed by atoms with Crippen LogP contribution in [0.1, 0.15) is 97.5 Å². The van der Waals surface area contributed by atoms with E-state index in [0.717, 1.165) is 24.8 Å². The Morgan fingerprint density at radius 3 is 2.24 bits per heavy atom. The van der Waals surface area contributed by atoms with Crippen molar-refractivity contribution in [3.63, 3.8) is 0 Å². The van der Waals surface area contributed by atoms with E-state index in [2.05, 4.69) is 6.07 Å². The molecular weight excluding hydrogens is 609 g/mol. The smallest absolute Gasteiger partial charge is 0.311 e. The van der Waals surface area contributed by atoms with E-state index in [-0.39, 0.29) is 44.1 Å². The van der Waals surface area contributed by atoms with E-state index >= 15 is 0 Å². The molecule has 0 bridgehead atoms. The zero-order valence-corrected chi connectivity index (χ0v) is 30.0. The van der Waals surface area contributed by atoms with Gasteiger partial charge in [-0.3, -0.25) is 14.4 Å². The Labute approximate surface area is 279 Å². The molecule has 0 aliphatic carbocycles. The Morgan fingerprint density at radius 1 is 0.956 bits per heavy atom. The molecule has 0 saturated carbocycles. The maximum Gasteiger partial charge on any atom is 0.311 e. The van der Waals surface area contributed by atoms with Gasteiger partial charge in [0.1, 0.15) is 19.8 Å². The highest BCUT2D eigenvalue weighted by Crippen LogP contribution is 2.46. The molecule has 1 heterocycles. The highest BCUT2D eigenvalue weighted by molar-refractivity contribution is 8.77. The summed E-state index contributed by atoms with van der Waals surface area (Å²) in [6.07, 6.45) is 5.67. The number of likely N-dealkylation sites (N-methyl/N-ethyl adjacent to an activating group) is 1. The van der Waals surface area contributed by atoms with Crippen molar-refractivity contribution in [2.75, 3.05) is 46.2 Å². The van der Waals surface area contributed by atoms with E-state index in [1.807, 2.05) is 91.7 Å². The second kappa shape index (κ2) is 18.8. The number of carbonyl (C=O) groups is 3. The van der Waals surface area contributed by atoms with Crippen LogP contribution in [0.4, 0.5) is 0 Å². The van der Waals surface area contributed by atoms with Crippen LogP contribution in [-0.4, -0.2) is 74.3 Å². The third-order valence-electron chi connectivity index (χ3n) is 8.14. The summed E-state index contributed by atoms with van der Waals surface area (Å²) in [5.74, 6) is -0.0260. The second-order valence-corrected chi connectivity index (χ2v) is 16.8.